The van der Waals surface area contributed by atoms with Crippen molar-refractivity contribution in [3.8, 4) is 5.88 Å². The smallest absolute Gasteiger partial charge is 0.226 e. The molecule has 0 saturated carbocycles. The number of nitrogens with zero attached hydrogens (tertiary/aromatic N) is 4. The maximum atomic E-state index is 8.10. The predicted molar refractivity (Wildman–Crippen MR) is 65.8 cm³/mol. The molecule has 0 aliphatic heterocycles. The fourth-order valence-electron chi connectivity index (χ4n) is 1.15. The molecule has 0 atom stereocenters. The lowest BCUT2D eigenvalue weighted by atomic mass is 10.1. The molecule has 0 amide bonds. The number of azide groups is 1. The van der Waals surface area contributed by atoms with Gasteiger partial charge in [-0.05, 0) is 52.6 Å². The zero-order valence-corrected chi connectivity index (χ0v) is 10.5. The van der Waals surface area contributed by atoms with E-state index in [-0.39, 0.29) is 0 Å². The van der Waals surface area contributed by atoms with E-state index >= 15 is 0 Å². The molecule has 0 fully saturated rings. The fourth-order valence-corrected chi connectivity index (χ4v) is 1.91. The van der Waals surface area contributed by atoms with Crippen molar-refractivity contribution in [3.05, 3.63) is 31.8 Å². The highest BCUT2D eigenvalue weighted by molar-refractivity contribution is 14.1. The number of hydrogen-bond donors (Lipinski definition) is 0. The standard InChI is InChI=1S/C9H11IN4O/c1-15-9-8(10)5-7(6-12-9)3-2-4-13-14-11/h5-6H,2-4H2,1H3. The minimum Gasteiger partial charge on any atom is -0.480 e. The van der Waals surface area contributed by atoms with Crippen molar-refractivity contribution in [2.75, 3.05) is 13.7 Å². The molecule has 1 aromatic heterocycles. The average molecular weight is 318 g/mol. The highest BCUT2D eigenvalue weighted by Gasteiger charge is 2.02. The molecule has 0 N–H and O–H groups in total. The molecular weight excluding hydrogens is 307 g/mol. The van der Waals surface area contributed by atoms with Crippen molar-refractivity contribution >= 4 is 22.6 Å². The minimum atomic E-state index is 0.527. The monoisotopic (exact) mass is 318 g/mol. The van der Waals surface area contributed by atoms with Crippen LogP contribution in [0.3, 0.4) is 0 Å². The molecule has 1 heterocycles. The van der Waals surface area contributed by atoms with Gasteiger partial charge in [-0.15, -0.1) is 0 Å². The third-order valence-electron chi connectivity index (χ3n) is 1.84. The lowest BCUT2D eigenvalue weighted by molar-refractivity contribution is 0.394. The van der Waals surface area contributed by atoms with Crippen molar-refractivity contribution in [3.63, 3.8) is 0 Å². The van der Waals surface area contributed by atoms with E-state index in [4.69, 9.17) is 10.3 Å². The highest BCUT2D eigenvalue weighted by Crippen LogP contribution is 2.18. The van der Waals surface area contributed by atoms with Gasteiger partial charge in [-0.1, -0.05) is 5.11 Å². The molecule has 0 bridgehead atoms. The van der Waals surface area contributed by atoms with Crippen LogP contribution in [-0.4, -0.2) is 18.6 Å². The van der Waals surface area contributed by atoms with E-state index in [2.05, 4.69) is 37.6 Å². The normalized spacial score (nSPS) is 9.47. The van der Waals surface area contributed by atoms with Crippen LogP contribution >= 0.6 is 22.6 Å². The van der Waals surface area contributed by atoms with E-state index < -0.39 is 0 Å². The first-order chi connectivity index (χ1) is 7.27. The van der Waals surface area contributed by atoms with Crippen molar-refractivity contribution < 1.29 is 4.74 Å². The van der Waals surface area contributed by atoms with E-state index in [1.54, 1.807) is 13.3 Å². The molecule has 6 heteroatoms. The molecule has 0 aliphatic carbocycles. The molecule has 15 heavy (non-hydrogen) atoms. The van der Waals surface area contributed by atoms with E-state index in [9.17, 15) is 0 Å². The summed E-state index contributed by atoms with van der Waals surface area (Å²) in [6.07, 6.45) is 3.50. The number of halogens is 1. The number of hydrogen-bond acceptors (Lipinski definition) is 3. The Labute approximate surface area is 102 Å². The van der Waals surface area contributed by atoms with Crippen LogP contribution in [0.4, 0.5) is 0 Å². The Hall–Kier alpha value is -1.01. The lowest BCUT2D eigenvalue weighted by Gasteiger charge is -2.04. The average Bonchev–Trinajstić information content (AvgIpc) is 2.25. The first-order valence-corrected chi connectivity index (χ1v) is 5.55. The summed E-state index contributed by atoms with van der Waals surface area (Å²) in [6, 6.07) is 2.03. The number of ether oxygens (including phenoxy) is 1. The van der Waals surface area contributed by atoms with Crippen molar-refractivity contribution in [1.82, 2.24) is 4.98 Å². The second-order valence-electron chi connectivity index (χ2n) is 2.89. The predicted octanol–water partition coefficient (Wildman–Crippen LogP) is 2.94. The van der Waals surface area contributed by atoms with Gasteiger partial charge in [0.05, 0.1) is 10.7 Å². The molecule has 0 saturated heterocycles. The number of methoxy groups -OCH3 is 1. The summed E-state index contributed by atoms with van der Waals surface area (Å²) < 4.78 is 6.05. The molecule has 0 aromatic carbocycles. The zero-order valence-electron chi connectivity index (χ0n) is 8.35. The van der Waals surface area contributed by atoms with Crippen LogP contribution in [0.25, 0.3) is 10.4 Å². The Morgan fingerprint density at radius 3 is 3.07 bits per heavy atom. The quantitative estimate of drug-likeness (QED) is 0.275. The molecular formula is C9H11IN4O. The van der Waals surface area contributed by atoms with E-state index in [0.29, 0.717) is 12.4 Å². The van der Waals surface area contributed by atoms with Crippen LogP contribution in [0.2, 0.25) is 0 Å². The summed E-state index contributed by atoms with van der Waals surface area (Å²) in [5.74, 6) is 0.648. The van der Waals surface area contributed by atoms with Gasteiger partial charge >= 0.3 is 0 Å². The van der Waals surface area contributed by atoms with Gasteiger partial charge in [0, 0.05) is 17.7 Å². The summed E-state index contributed by atoms with van der Waals surface area (Å²) in [7, 11) is 1.60. The van der Waals surface area contributed by atoms with Crippen LogP contribution < -0.4 is 4.74 Å². The summed E-state index contributed by atoms with van der Waals surface area (Å²) in [5, 5.41) is 3.48. The third-order valence-corrected chi connectivity index (χ3v) is 2.62. The van der Waals surface area contributed by atoms with Gasteiger partial charge in [0.15, 0.2) is 0 Å². The first kappa shape index (κ1) is 12.1. The molecule has 0 aliphatic rings. The largest absolute Gasteiger partial charge is 0.480 e. The van der Waals surface area contributed by atoms with Gasteiger partial charge in [0.1, 0.15) is 0 Å². The highest BCUT2D eigenvalue weighted by atomic mass is 127. The summed E-state index contributed by atoms with van der Waals surface area (Å²) in [4.78, 5) is 6.86. The van der Waals surface area contributed by atoms with Gasteiger partial charge in [0.2, 0.25) is 5.88 Å². The van der Waals surface area contributed by atoms with Crippen molar-refractivity contribution in [2.24, 2.45) is 5.11 Å². The molecule has 5 nitrogen and oxygen atoms in total. The number of aryl methyl sites for hydroxylation is 1. The number of pyridine rings is 1. The summed E-state index contributed by atoms with van der Waals surface area (Å²) in [5.41, 5.74) is 9.24. The van der Waals surface area contributed by atoms with Crippen LogP contribution in [-0.2, 0) is 6.42 Å². The SMILES string of the molecule is COc1ncc(CCCN=[N+]=[N-])cc1I. The Kier molecular flexibility index (Phi) is 5.20. The Bertz CT molecular complexity index is 376. The van der Waals surface area contributed by atoms with Gasteiger partial charge in [-0.25, -0.2) is 4.98 Å². The Balaban J connectivity index is 2.55. The Morgan fingerprint density at radius 2 is 2.47 bits per heavy atom. The number of aromatic nitrogens is 1. The van der Waals surface area contributed by atoms with Crippen LogP contribution in [0.1, 0.15) is 12.0 Å². The van der Waals surface area contributed by atoms with E-state index in [0.717, 1.165) is 22.0 Å². The molecule has 0 spiro atoms. The molecule has 80 valence electrons. The molecule has 0 radical (unpaired) electrons. The third kappa shape index (κ3) is 3.93. The second kappa shape index (κ2) is 6.47. The minimum absolute atomic E-state index is 0.527. The molecule has 1 rings (SSSR count). The van der Waals surface area contributed by atoms with Crippen LogP contribution in [0.5, 0.6) is 5.88 Å². The molecule has 1 aromatic rings. The topological polar surface area (TPSA) is 70.9 Å². The van der Waals surface area contributed by atoms with Crippen molar-refractivity contribution in [2.45, 2.75) is 12.8 Å². The van der Waals surface area contributed by atoms with Gasteiger partial charge in [-0.2, -0.15) is 0 Å². The first-order valence-electron chi connectivity index (χ1n) is 4.47. The Morgan fingerprint density at radius 1 is 1.67 bits per heavy atom. The summed E-state index contributed by atoms with van der Waals surface area (Å²) in [6.45, 7) is 0.527. The van der Waals surface area contributed by atoms with Crippen LogP contribution in [0, 0.1) is 3.57 Å². The number of rotatable bonds is 5. The summed E-state index contributed by atoms with van der Waals surface area (Å²) >= 11 is 2.18. The van der Waals surface area contributed by atoms with Crippen LogP contribution in [0.15, 0.2) is 17.4 Å². The van der Waals surface area contributed by atoms with Gasteiger partial charge < -0.3 is 4.74 Å². The molecule has 0 unspecified atom stereocenters. The van der Waals surface area contributed by atoms with Crippen molar-refractivity contribution in [1.29, 1.82) is 0 Å². The van der Waals surface area contributed by atoms with E-state index in [1.807, 2.05) is 6.07 Å². The lowest BCUT2D eigenvalue weighted by Crippen LogP contribution is -1.95. The van der Waals surface area contributed by atoms with Gasteiger partial charge in [0.25, 0.3) is 0 Å². The second-order valence-corrected chi connectivity index (χ2v) is 4.05. The van der Waals surface area contributed by atoms with E-state index in [1.165, 1.54) is 0 Å². The maximum Gasteiger partial charge on any atom is 0.226 e. The fraction of sp³-hybridized carbons (Fsp3) is 0.444. The maximum absolute atomic E-state index is 8.10. The zero-order chi connectivity index (χ0) is 11.1. The van der Waals surface area contributed by atoms with Gasteiger partial charge in [-0.3, -0.25) is 0 Å².